The van der Waals surface area contributed by atoms with Gasteiger partial charge in [0.2, 0.25) is 0 Å². The Balaban J connectivity index is 3.89. The lowest BCUT2D eigenvalue weighted by molar-refractivity contribution is 0.127. The zero-order chi connectivity index (χ0) is 10.2. The standard InChI is InChI=1S/C10H25NOSi/c1-3-10(4-2,9-12-13)7-5-6-8-11/h3-9,11H2,1-2,13H3. The van der Waals surface area contributed by atoms with Gasteiger partial charge in [-0.05, 0) is 37.6 Å². The van der Waals surface area contributed by atoms with E-state index in [1.165, 1.54) is 25.7 Å². The number of hydrogen-bond acceptors (Lipinski definition) is 2. The predicted molar refractivity (Wildman–Crippen MR) is 61.8 cm³/mol. The van der Waals surface area contributed by atoms with Gasteiger partial charge in [0.1, 0.15) is 10.5 Å². The molecule has 0 bridgehead atoms. The Morgan fingerprint density at radius 3 is 2.23 bits per heavy atom. The van der Waals surface area contributed by atoms with E-state index in [1.807, 2.05) is 0 Å². The summed E-state index contributed by atoms with van der Waals surface area (Å²) in [5, 5.41) is 0. The minimum absolute atomic E-state index is 0.441. The SMILES string of the molecule is CCC(CC)(CCCCN)CO[SiH3]. The third-order valence-electron chi connectivity index (χ3n) is 3.11. The third-order valence-corrected chi connectivity index (χ3v) is 3.40. The van der Waals surface area contributed by atoms with Crippen LogP contribution in [0.2, 0.25) is 0 Å². The lowest BCUT2D eigenvalue weighted by Gasteiger charge is -2.31. The van der Waals surface area contributed by atoms with E-state index in [4.69, 9.17) is 10.2 Å². The van der Waals surface area contributed by atoms with E-state index >= 15 is 0 Å². The molecule has 0 aliphatic heterocycles. The van der Waals surface area contributed by atoms with Crippen LogP contribution in [0.5, 0.6) is 0 Å². The first-order valence-corrected chi connectivity index (χ1v) is 6.25. The van der Waals surface area contributed by atoms with Gasteiger partial charge < -0.3 is 10.2 Å². The minimum atomic E-state index is 0.441. The highest BCUT2D eigenvalue weighted by Gasteiger charge is 2.24. The van der Waals surface area contributed by atoms with Gasteiger partial charge in [-0.1, -0.05) is 20.3 Å². The second-order valence-corrected chi connectivity index (χ2v) is 4.46. The molecule has 3 heteroatoms. The summed E-state index contributed by atoms with van der Waals surface area (Å²) in [6, 6.07) is 0. The smallest absolute Gasteiger partial charge is 0.145 e. The van der Waals surface area contributed by atoms with Crippen LogP contribution in [-0.2, 0) is 4.43 Å². The molecule has 0 radical (unpaired) electrons. The van der Waals surface area contributed by atoms with E-state index in [-0.39, 0.29) is 0 Å². The van der Waals surface area contributed by atoms with Crippen LogP contribution in [-0.4, -0.2) is 23.6 Å². The highest BCUT2D eigenvalue weighted by atomic mass is 28.2. The number of nitrogens with two attached hydrogens (primary N) is 1. The maximum atomic E-state index is 5.49. The topological polar surface area (TPSA) is 35.2 Å². The van der Waals surface area contributed by atoms with E-state index < -0.39 is 0 Å². The van der Waals surface area contributed by atoms with Crippen molar-refractivity contribution in [2.75, 3.05) is 13.2 Å². The van der Waals surface area contributed by atoms with Gasteiger partial charge in [0, 0.05) is 6.61 Å². The zero-order valence-electron chi connectivity index (χ0n) is 9.44. The maximum Gasteiger partial charge on any atom is 0.145 e. The van der Waals surface area contributed by atoms with Crippen molar-refractivity contribution in [3.05, 3.63) is 0 Å². The fourth-order valence-corrected chi connectivity index (χ4v) is 2.44. The molecule has 0 saturated carbocycles. The molecule has 0 amide bonds. The zero-order valence-corrected chi connectivity index (χ0v) is 11.4. The van der Waals surface area contributed by atoms with Crippen LogP contribution in [0, 0.1) is 5.41 Å². The normalized spacial score (nSPS) is 12.2. The molecule has 80 valence electrons. The van der Waals surface area contributed by atoms with Crippen molar-refractivity contribution in [3.63, 3.8) is 0 Å². The fourth-order valence-electron chi connectivity index (χ4n) is 1.83. The summed E-state index contributed by atoms with van der Waals surface area (Å²) in [5.41, 5.74) is 5.93. The molecule has 0 aliphatic carbocycles. The summed E-state index contributed by atoms with van der Waals surface area (Å²) in [5.74, 6) is 0. The molecule has 0 aliphatic rings. The van der Waals surface area contributed by atoms with Crippen molar-refractivity contribution in [3.8, 4) is 0 Å². The van der Waals surface area contributed by atoms with E-state index in [0.29, 0.717) is 5.41 Å². The second kappa shape index (κ2) is 7.53. The molecule has 0 saturated heterocycles. The van der Waals surface area contributed by atoms with Crippen LogP contribution < -0.4 is 5.73 Å². The van der Waals surface area contributed by atoms with E-state index in [9.17, 15) is 0 Å². The van der Waals surface area contributed by atoms with Gasteiger partial charge in [-0.15, -0.1) is 0 Å². The van der Waals surface area contributed by atoms with Crippen LogP contribution in [0.1, 0.15) is 46.0 Å². The average molecular weight is 203 g/mol. The van der Waals surface area contributed by atoms with Gasteiger partial charge in [0.25, 0.3) is 0 Å². The molecule has 0 unspecified atom stereocenters. The molecule has 0 atom stereocenters. The molecule has 0 spiro atoms. The first kappa shape index (κ1) is 13.1. The third kappa shape index (κ3) is 4.79. The Hall–Kier alpha value is 0.137. The monoisotopic (exact) mass is 203 g/mol. The summed E-state index contributed by atoms with van der Waals surface area (Å²) >= 11 is 0. The van der Waals surface area contributed by atoms with Crippen molar-refractivity contribution in [1.29, 1.82) is 0 Å². The number of unbranched alkanes of at least 4 members (excludes halogenated alkanes) is 1. The first-order valence-electron chi connectivity index (χ1n) is 5.43. The quantitative estimate of drug-likeness (QED) is 0.475. The lowest BCUT2D eigenvalue weighted by atomic mass is 9.79. The molecule has 0 heterocycles. The van der Waals surface area contributed by atoms with Crippen molar-refractivity contribution >= 4 is 10.5 Å². The first-order chi connectivity index (χ1) is 6.24. The Morgan fingerprint density at radius 2 is 1.85 bits per heavy atom. The number of hydrogen-bond donors (Lipinski definition) is 1. The molecule has 2 nitrogen and oxygen atoms in total. The molecule has 0 aromatic carbocycles. The lowest BCUT2D eigenvalue weighted by Crippen LogP contribution is -2.25. The molecule has 0 aromatic rings. The van der Waals surface area contributed by atoms with Crippen molar-refractivity contribution in [2.45, 2.75) is 46.0 Å². The minimum Gasteiger partial charge on any atom is -0.427 e. The highest BCUT2D eigenvalue weighted by Crippen LogP contribution is 2.32. The summed E-state index contributed by atoms with van der Waals surface area (Å²) in [6.45, 7) is 6.32. The maximum absolute atomic E-state index is 5.49. The number of rotatable bonds is 8. The Morgan fingerprint density at radius 1 is 1.23 bits per heavy atom. The van der Waals surface area contributed by atoms with Gasteiger partial charge in [-0.3, -0.25) is 0 Å². The van der Waals surface area contributed by atoms with Crippen molar-refractivity contribution < 1.29 is 4.43 Å². The largest absolute Gasteiger partial charge is 0.427 e. The van der Waals surface area contributed by atoms with Crippen molar-refractivity contribution in [2.24, 2.45) is 11.1 Å². The Kier molecular flexibility index (Phi) is 7.61. The van der Waals surface area contributed by atoms with E-state index in [2.05, 4.69) is 13.8 Å². The Labute approximate surface area is 85.8 Å². The fraction of sp³-hybridized carbons (Fsp3) is 1.00. The molecule has 0 aromatic heterocycles. The molecule has 13 heavy (non-hydrogen) atoms. The van der Waals surface area contributed by atoms with Crippen LogP contribution in [0.25, 0.3) is 0 Å². The van der Waals surface area contributed by atoms with Crippen LogP contribution in [0.15, 0.2) is 0 Å². The van der Waals surface area contributed by atoms with Gasteiger partial charge in [0.15, 0.2) is 0 Å². The van der Waals surface area contributed by atoms with Crippen LogP contribution in [0.3, 0.4) is 0 Å². The summed E-state index contributed by atoms with van der Waals surface area (Å²) in [6.07, 6.45) is 6.15. The summed E-state index contributed by atoms with van der Waals surface area (Å²) in [4.78, 5) is 0. The second-order valence-electron chi connectivity index (χ2n) is 3.89. The van der Waals surface area contributed by atoms with Crippen molar-refractivity contribution in [1.82, 2.24) is 0 Å². The summed E-state index contributed by atoms with van der Waals surface area (Å²) < 4.78 is 5.43. The molecule has 0 rings (SSSR count). The molecular weight excluding hydrogens is 178 g/mol. The van der Waals surface area contributed by atoms with Crippen LogP contribution >= 0.6 is 0 Å². The van der Waals surface area contributed by atoms with Gasteiger partial charge in [0.05, 0.1) is 0 Å². The predicted octanol–water partition coefficient (Wildman–Crippen LogP) is 1.22. The molecular formula is C10H25NOSi. The average Bonchev–Trinajstić information content (AvgIpc) is 2.17. The van der Waals surface area contributed by atoms with E-state index in [0.717, 1.165) is 30.1 Å². The molecule has 2 N–H and O–H groups in total. The van der Waals surface area contributed by atoms with Gasteiger partial charge in [-0.2, -0.15) is 0 Å². The van der Waals surface area contributed by atoms with Gasteiger partial charge >= 0.3 is 0 Å². The van der Waals surface area contributed by atoms with Gasteiger partial charge in [-0.25, -0.2) is 0 Å². The van der Waals surface area contributed by atoms with E-state index in [1.54, 1.807) is 0 Å². The molecule has 0 fully saturated rings. The Bertz CT molecular complexity index is 115. The highest BCUT2D eigenvalue weighted by molar-refractivity contribution is 5.97. The summed E-state index contributed by atoms with van der Waals surface area (Å²) in [7, 11) is 0.864. The van der Waals surface area contributed by atoms with Crippen LogP contribution in [0.4, 0.5) is 0 Å².